The maximum Gasteiger partial charge on any atom is 0.211 e. The summed E-state index contributed by atoms with van der Waals surface area (Å²) in [5, 5.41) is 3.20. The number of hydrogen-bond donors (Lipinski definition) is 1. The van der Waals surface area contributed by atoms with Gasteiger partial charge in [-0.15, -0.1) is 0 Å². The van der Waals surface area contributed by atoms with Gasteiger partial charge in [0, 0.05) is 38.4 Å². The Morgan fingerprint density at radius 3 is 2.40 bits per heavy atom. The molecule has 0 unspecified atom stereocenters. The number of rotatable bonds is 4. The first-order chi connectivity index (χ1) is 11.8. The lowest BCUT2D eigenvalue weighted by Gasteiger charge is -2.34. The molecular formula is C16H22N6O2S. The van der Waals surface area contributed by atoms with Crippen LogP contribution >= 0.6 is 0 Å². The van der Waals surface area contributed by atoms with Gasteiger partial charge in [-0.2, -0.15) is 4.31 Å². The predicted molar refractivity (Wildman–Crippen MR) is 97.7 cm³/mol. The Bertz CT molecular complexity index is 863. The molecule has 25 heavy (non-hydrogen) atoms. The highest BCUT2D eigenvalue weighted by Gasteiger charge is 2.24. The molecular weight excluding hydrogens is 340 g/mol. The maximum absolute atomic E-state index is 11.6. The molecule has 0 radical (unpaired) electrons. The lowest BCUT2D eigenvalue weighted by Crippen LogP contribution is -2.48. The molecule has 3 heterocycles. The van der Waals surface area contributed by atoms with Gasteiger partial charge in [0.25, 0.3) is 0 Å². The summed E-state index contributed by atoms with van der Waals surface area (Å²) < 4.78 is 24.8. The molecule has 8 nitrogen and oxygen atoms in total. The van der Waals surface area contributed by atoms with Gasteiger partial charge in [0.1, 0.15) is 23.3 Å². The quantitative estimate of drug-likeness (QED) is 0.877. The van der Waals surface area contributed by atoms with Gasteiger partial charge in [0.05, 0.1) is 6.26 Å². The SMILES string of the molecule is Cc1ccnc(Nc2cc(N3CCN(S(C)(=O)=O)CC3)nc(C)n2)c1. The summed E-state index contributed by atoms with van der Waals surface area (Å²) in [4.78, 5) is 15.3. The minimum Gasteiger partial charge on any atom is -0.354 e. The number of nitrogens with zero attached hydrogens (tertiary/aromatic N) is 5. The zero-order chi connectivity index (χ0) is 18.0. The van der Waals surface area contributed by atoms with E-state index >= 15 is 0 Å². The number of pyridine rings is 1. The summed E-state index contributed by atoms with van der Waals surface area (Å²) in [5.41, 5.74) is 1.11. The fourth-order valence-corrected chi connectivity index (χ4v) is 3.59. The highest BCUT2D eigenvalue weighted by atomic mass is 32.2. The van der Waals surface area contributed by atoms with Crippen molar-refractivity contribution < 1.29 is 8.42 Å². The van der Waals surface area contributed by atoms with Gasteiger partial charge in [-0.05, 0) is 31.5 Å². The number of anilines is 3. The topological polar surface area (TPSA) is 91.3 Å². The Balaban J connectivity index is 1.76. The van der Waals surface area contributed by atoms with Crippen molar-refractivity contribution in [2.24, 2.45) is 0 Å². The van der Waals surface area contributed by atoms with E-state index in [1.165, 1.54) is 10.6 Å². The normalized spacial score (nSPS) is 16.0. The summed E-state index contributed by atoms with van der Waals surface area (Å²) in [5.74, 6) is 2.84. The van der Waals surface area contributed by atoms with Gasteiger partial charge in [-0.3, -0.25) is 0 Å². The van der Waals surface area contributed by atoms with Crippen LogP contribution in [0.3, 0.4) is 0 Å². The van der Waals surface area contributed by atoms with Gasteiger partial charge < -0.3 is 10.2 Å². The largest absolute Gasteiger partial charge is 0.354 e. The van der Waals surface area contributed by atoms with Crippen LogP contribution in [-0.4, -0.2) is 60.1 Å². The molecule has 0 bridgehead atoms. The van der Waals surface area contributed by atoms with Crippen LogP contribution < -0.4 is 10.2 Å². The Morgan fingerprint density at radius 1 is 1.04 bits per heavy atom. The van der Waals surface area contributed by atoms with Crippen LogP contribution in [0.1, 0.15) is 11.4 Å². The highest BCUT2D eigenvalue weighted by molar-refractivity contribution is 7.88. The van der Waals surface area contributed by atoms with Crippen molar-refractivity contribution in [2.45, 2.75) is 13.8 Å². The molecule has 1 aliphatic heterocycles. The Morgan fingerprint density at radius 2 is 1.76 bits per heavy atom. The summed E-state index contributed by atoms with van der Waals surface area (Å²) in [6, 6.07) is 5.75. The van der Waals surface area contributed by atoms with E-state index in [4.69, 9.17) is 0 Å². The Labute approximate surface area is 148 Å². The van der Waals surface area contributed by atoms with E-state index in [9.17, 15) is 8.42 Å². The number of aryl methyl sites for hydroxylation is 2. The zero-order valence-electron chi connectivity index (χ0n) is 14.6. The second kappa shape index (κ2) is 6.93. The number of hydrogen-bond acceptors (Lipinski definition) is 7. The van der Waals surface area contributed by atoms with Crippen LogP contribution in [-0.2, 0) is 10.0 Å². The number of piperazine rings is 1. The number of nitrogens with one attached hydrogen (secondary N) is 1. The van der Waals surface area contributed by atoms with Crippen molar-refractivity contribution in [2.75, 3.05) is 42.7 Å². The summed E-state index contributed by atoms with van der Waals surface area (Å²) in [7, 11) is -3.14. The molecule has 0 aliphatic carbocycles. The van der Waals surface area contributed by atoms with Crippen molar-refractivity contribution in [1.82, 2.24) is 19.3 Å². The maximum atomic E-state index is 11.6. The smallest absolute Gasteiger partial charge is 0.211 e. The average molecular weight is 362 g/mol. The summed E-state index contributed by atoms with van der Waals surface area (Å²) in [6.45, 7) is 5.97. The van der Waals surface area contributed by atoms with E-state index in [2.05, 4.69) is 25.2 Å². The molecule has 9 heteroatoms. The van der Waals surface area contributed by atoms with Crippen molar-refractivity contribution >= 4 is 27.5 Å². The fourth-order valence-electron chi connectivity index (χ4n) is 2.76. The second-order valence-electron chi connectivity index (χ2n) is 6.15. The van der Waals surface area contributed by atoms with Crippen LogP contribution in [0.15, 0.2) is 24.4 Å². The van der Waals surface area contributed by atoms with Gasteiger partial charge in [-0.25, -0.2) is 23.4 Å². The third-order valence-corrected chi connectivity index (χ3v) is 5.33. The van der Waals surface area contributed by atoms with Gasteiger partial charge >= 0.3 is 0 Å². The minimum absolute atomic E-state index is 0.462. The van der Waals surface area contributed by atoms with Crippen LogP contribution in [0.5, 0.6) is 0 Å². The molecule has 1 fully saturated rings. The van der Waals surface area contributed by atoms with Crippen molar-refractivity contribution in [3.05, 3.63) is 35.8 Å². The van der Waals surface area contributed by atoms with E-state index in [-0.39, 0.29) is 0 Å². The van der Waals surface area contributed by atoms with Gasteiger partial charge in [-0.1, -0.05) is 0 Å². The van der Waals surface area contributed by atoms with E-state index in [1.807, 2.05) is 32.0 Å². The second-order valence-corrected chi connectivity index (χ2v) is 8.13. The van der Waals surface area contributed by atoms with E-state index in [1.54, 1.807) is 6.20 Å². The molecule has 0 saturated carbocycles. The molecule has 3 rings (SSSR count). The lowest BCUT2D eigenvalue weighted by atomic mass is 10.3. The first kappa shape index (κ1) is 17.6. The molecule has 0 spiro atoms. The van der Waals surface area contributed by atoms with Gasteiger partial charge in [0.2, 0.25) is 10.0 Å². The van der Waals surface area contributed by atoms with Crippen LogP contribution in [0.25, 0.3) is 0 Å². The summed E-state index contributed by atoms with van der Waals surface area (Å²) in [6.07, 6.45) is 2.99. The number of sulfonamides is 1. The summed E-state index contributed by atoms with van der Waals surface area (Å²) >= 11 is 0. The number of aromatic nitrogens is 3. The zero-order valence-corrected chi connectivity index (χ0v) is 15.4. The molecule has 1 N–H and O–H groups in total. The molecule has 134 valence electrons. The van der Waals surface area contributed by atoms with Crippen LogP contribution in [0.2, 0.25) is 0 Å². The fraction of sp³-hybridized carbons (Fsp3) is 0.438. The van der Waals surface area contributed by atoms with E-state index in [0.29, 0.717) is 37.8 Å². The predicted octanol–water partition coefficient (Wildman–Crippen LogP) is 1.31. The molecule has 2 aromatic heterocycles. The molecule has 0 amide bonds. The Hall–Kier alpha value is -2.26. The van der Waals surface area contributed by atoms with Crippen molar-refractivity contribution in [1.29, 1.82) is 0 Å². The third-order valence-electron chi connectivity index (χ3n) is 4.03. The standard InChI is InChI=1S/C16H22N6O2S/c1-12-4-5-17-14(10-12)20-15-11-16(19-13(2)18-15)21-6-8-22(9-7-21)25(3,23)24/h4-5,10-11H,6-9H2,1-3H3,(H,17,18,19,20). The minimum atomic E-state index is -3.14. The van der Waals surface area contributed by atoms with E-state index < -0.39 is 10.0 Å². The Kier molecular flexibility index (Phi) is 4.87. The van der Waals surface area contributed by atoms with Crippen LogP contribution in [0.4, 0.5) is 17.5 Å². The third kappa shape index (κ3) is 4.43. The first-order valence-corrected chi connectivity index (χ1v) is 9.91. The molecule has 1 saturated heterocycles. The lowest BCUT2D eigenvalue weighted by molar-refractivity contribution is 0.387. The van der Waals surface area contributed by atoms with Crippen LogP contribution in [0, 0.1) is 13.8 Å². The molecule has 2 aromatic rings. The average Bonchev–Trinajstić information content (AvgIpc) is 2.53. The first-order valence-electron chi connectivity index (χ1n) is 8.07. The molecule has 0 atom stereocenters. The van der Waals surface area contributed by atoms with Crippen molar-refractivity contribution in [3.8, 4) is 0 Å². The molecule has 0 aromatic carbocycles. The monoisotopic (exact) mass is 362 g/mol. The van der Waals surface area contributed by atoms with Crippen molar-refractivity contribution in [3.63, 3.8) is 0 Å². The van der Waals surface area contributed by atoms with Gasteiger partial charge in [0.15, 0.2) is 0 Å². The highest BCUT2D eigenvalue weighted by Crippen LogP contribution is 2.21. The van der Waals surface area contributed by atoms with E-state index in [0.717, 1.165) is 17.2 Å². The molecule has 1 aliphatic rings.